The molecule has 0 aliphatic rings. The van der Waals surface area contributed by atoms with Crippen molar-refractivity contribution in [3.8, 4) is 0 Å². The van der Waals surface area contributed by atoms with Crippen LogP contribution in [0.5, 0.6) is 0 Å². The van der Waals surface area contributed by atoms with E-state index >= 15 is 0 Å². The number of alkyl halides is 3. The van der Waals surface area contributed by atoms with Crippen molar-refractivity contribution >= 4 is 17.4 Å². The first kappa shape index (κ1) is 21.2. The standard InChI is InChI=1S/C18H20ClF3N2O3/c1-10-5-14(12(3)24(10)11(2)9-27-4)16(25)8-23-7-13(18(20,21)22)6-15(19)17(23)26/h5-7,11H,8-9H2,1-4H3/t11-/m1/s1. The van der Waals surface area contributed by atoms with Crippen molar-refractivity contribution in [3.05, 3.63) is 56.2 Å². The summed E-state index contributed by atoms with van der Waals surface area (Å²) < 4.78 is 46.6. The molecule has 148 valence electrons. The van der Waals surface area contributed by atoms with Gasteiger partial charge in [-0.05, 0) is 32.9 Å². The van der Waals surface area contributed by atoms with Gasteiger partial charge in [-0.15, -0.1) is 0 Å². The summed E-state index contributed by atoms with van der Waals surface area (Å²) >= 11 is 5.63. The summed E-state index contributed by atoms with van der Waals surface area (Å²) in [7, 11) is 1.57. The van der Waals surface area contributed by atoms with Gasteiger partial charge in [-0.3, -0.25) is 9.59 Å². The third-order valence-corrected chi connectivity index (χ3v) is 4.59. The Kier molecular flexibility index (Phi) is 6.21. The summed E-state index contributed by atoms with van der Waals surface area (Å²) in [6, 6.07) is 2.19. The Bertz CT molecular complexity index is 916. The normalized spacial score (nSPS) is 13.0. The van der Waals surface area contributed by atoms with Gasteiger partial charge in [0, 0.05) is 30.3 Å². The van der Waals surface area contributed by atoms with E-state index in [9.17, 15) is 22.8 Å². The van der Waals surface area contributed by atoms with E-state index in [0.29, 0.717) is 34.7 Å². The van der Waals surface area contributed by atoms with Crippen molar-refractivity contribution in [2.45, 2.75) is 39.5 Å². The topological polar surface area (TPSA) is 53.2 Å². The molecule has 2 aromatic heterocycles. The van der Waals surface area contributed by atoms with Gasteiger partial charge in [0.15, 0.2) is 5.78 Å². The van der Waals surface area contributed by atoms with Gasteiger partial charge in [0.05, 0.1) is 24.8 Å². The number of rotatable bonds is 6. The molecule has 0 aliphatic heterocycles. The maximum atomic E-state index is 12.9. The van der Waals surface area contributed by atoms with Crippen LogP contribution >= 0.6 is 11.6 Å². The number of hydrogen-bond donors (Lipinski definition) is 0. The molecular formula is C18H20ClF3N2O3. The van der Waals surface area contributed by atoms with Crippen molar-refractivity contribution in [3.63, 3.8) is 0 Å². The molecule has 0 fully saturated rings. The van der Waals surface area contributed by atoms with Crippen LogP contribution in [0.1, 0.15) is 40.3 Å². The molecule has 0 bridgehead atoms. The number of hydrogen-bond acceptors (Lipinski definition) is 3. The summed E-state index contributed by atoms with van der Waals surface area (Å²) in [6.07, 6.45) is -4.06. The number of Topliss-reactive ketones (excluding diaryl/α,β-unsaturated/α-hetero) is 1. The molecule has 27 heavy (non-hydrogen) atoms. The monoisotopic (exact) mass is 404 g/mol. The minimum atomic E-state index is -4.67. The molecule has 0 unspecified atom stereocenters. The summed E-state index contributed by atoms with van der Waals surface area (Å²) in [5.74, 6) is -0.476. The van der Waals surface area contributed by atoms with Crippen LogP contribution in [-0.4, -0.2) is 28.6 Å². The maximum absolute atomic E-state index is 12.9. The number of pyridine rings is 1. The Morgan fingerprint density at radius 1 is 1.30 bits per heavy atom. The first-order chi connectivity index (χ1) is 12.5. The van der Waals surface area contributed by atoms with Crippen LogP contribution in [0, 0.1) is 13.8 Å². The average Bonchev–Trinajstić information content (AvgIpc) is 2.85. The van der Waals surface area contributed by atoms with E-state index in [4.69, 9.17) is 16.3 Å². The Morgan fingerprint density at radius 2 is 1.93 bits per heavy atom. The second kappa shape index (κ2) is 7.90. The molecule has 0 N–H and O–H groups in total. The molecule has 1 atom stereocenters. The van der Waals surface area contributed by atoms with E-state index in [2.05, 4.69) is 0 Å². The lowest BCUT2D eigenvalue weighted by molar-refractivity contribution is -0.138. The molecule has 0 amide bonds. The highest BCUT2D eigenvalue weighted by Crippen LogP contribution is 2.29. The van der Waals surface area contributed by atoms with Gasteiger partial charge in [-0.1, -0.05) is 11.6 Å². The van der Waals surface area contributed by atoms with Gasteiger partial charge in [0.2, 0.25) is 0 Å². The predicted molar refractivity (Wildman–Crippen MR) is 95.5 cm³/mol. The van der Waals surface area contributed by atoms with Crippen LogP contribution in [0.2, 0.25) is 5.02 Å². The summed E-state index contributed by atoms with van der Waals surface area (Å²) in [4.78, 5) is 24.7. The molecule has 0 saturated carbocycles. The number of nitrogens with zero attached hydrogens (tertiary/aromatic N) is 2. The smallest absolute Gasteiger partial charge is 0.383 e. The van der Waals surface area contributed by atoms with Crippen LogP contribution in [-0.2, 0) is 17.5 Å². The van der Waals surface area contributed by atoms with E-state index in [0.717, 1.165) is 5.69 Å². The number of aromatic nitrogens is 2. The van der Waals surface area contributed by atoms with Crippen LogP contribution in [0.25, 0.3) is 0 Å². The fourth-order valence-corrected chi connectivity index (χ4v) is 3.39. The molecule has 0 aliphatic carbocycles. The Labute approximate surface area is 159 Å². The number of ether oxygens (including phenoxy) is 1. The molecule has 0 aromatic carbocycles. The van der Waals surface area contributed by atoms with Crippen molar-refractivity contribution in [2.75, 3.05) is 13.7 Å². The summed E-state index contributed by atoms with van der Waals surface area (Å²) in [5.41, 5.74) is -0.113. The maximum Gasteiger partial charge on any atom is 0.417 e. The second-order valence-electron chi connectivity index (χ2n) is 6.39. The largest absolute Gasteiger partial charge is 0.417 e. The van der Waals surface area contributed by atoms with Crippen molar-refractivity contribution in [1.82, 2.24) is 9.13 Å². The first-order valence-electron chi connectivity index (χ1n) is 8.15. The summed E-state index contributed by atoms with van der Waals surface area (Å²) in [6.45, 7) is 5.39. The number of ketones is 1. The van der Waals surface area contributed by atoms with Crippen molar-refractivity contribution < 1.29 is 22.7 Å². The van der Waals surface area contributed by atoms with Crippen LogP contribution in [0.15, 0.2) is 23.1 Å². The molecule has 2 rings (SSSR count). The fraction of sp³-hybridized carbons (Fsp3) is 0.444. The Hall–Kier alpha value is -2.06. The molecule has 2 heterocycles. The van der Waals surface area contributed by atoms with Gasteiger partial charge in [0.25, 0.3) is 5.56 Å². The summed E-state index contributed by atoms with van der Waals surface area (Å²) in [5, 5.41) is -0.586. The zero-order valence-corrected chi connectivity index (χ0v) is 16.1. The Morgan fingerprint density at radius 3 is 2.48 bits per heavy atom. The lowest BCUT2D eigenvalue weighted by atomic mass is 10.1. The fourth-order valence-electron chi connectivity index (χ4n) is 3.16. The van der Waals surface area contributed by atoms with Gasteiger partial charge in [-0.25, -0.2) is 0 Å². The minimum Gasteiger partial charge on any atom is -0.383 e. The average molecular weight is 405 g/mol. The van der Waals surface area contributed by atoms with Crippen molar-refractivity contribution in [2.24, 2.45) is 0 Å². The van der Waals surface area contributed by atoms with E-state index in [1.807, 2.05) is 18.4 Å². The lowest BCUT2D eigenvalue weighted by Gasteiger charge is -2.17. The lowest BCUT2D eigenvalue weighted by Crippen LogP contribution is -2.26. The number of carbonyl (C=O) groups excluding carboxylic acids is 1. The molecule has 0 radical (unpaired) electrons. The highest BCUT2D eigenvalue weighted by molar-refractivity contribution is 6.30. The number of halogens is 4. The van der Waals surface area contributed by atoms with Crippen LogP contribution in [0.3, 0.4) is 0 Å². The minimum absolute atomic E-state index is 0.0257. The zero-order chi connectivity index (χ0) is 20.5. The first-order valence-corrected chi connectivity index (χ1v) is 8.53. The highest BCUT2D eigenvalue weighted by atomic mass is 35.5. The zero-order valence-electron chi connectivity index (χ0n) is 15.4. The second-order valence-corrected chi connectivity index (χ2v) is 6.80. The van der Waals surface area contributed by atoms with Gasteiger partial charge >= 0.3 is 6.18 Å². The molecule has 0 spiro atoms. The Balaban J connectivity index is 2.40. The third-order valence-electron chi connectivity index (χ3n) is 4.32. The molecule has 5 nitrogen and oxygen atoms in total. The van der Waals surface area contributed by atoms with E-state index < -0.39 is 34.6 Å². The quantitative estimate of drug-likeness (QED) is 0.683. The van der Waals surface area contributed by atoms with E-state index in [1.54, 1.807) is 20.1 Å². The van der Waals surface area contributed by atoms with Gasteiger partial charge in [-0.2, -0.15) is 13.2 Å². The van der Waals surface area contributed by atoms with Gasteiger partial charge < -0.3 is 13.9 Å². The molecule has 0 saturated heterocycles. The van der Waals surface area contributed by atoms with Crippen LogP contribution < -0.4 is 5.56 Å². The molecular weight excluding hydrogens is 385 g/mol. The number of methoxy groups -OCH3 is 1. The highest BCUT2D eigenvalue weighted by Gasteiger charge is 2.32. The molecule has 9 heteroatoms. The molecule has 2 aromatic rings. The van der Waals surface area contributed by atoms with Crippen LogP contribution in [0.4, 0.5) is 13.2 Å². The van der Waals surface area contributed by atoms with E-state index in [1.165, 1.54) is 0 Å². The SMILES string of the molecule is COC[C@@H](C)n1c(C)cc(C(=O)Cn2cc(C(F)(F)F)cc(Cl)c2=O)c1C. The number of carbonyl (C=O) groups is 1. The third kappa shape index (κ3) is 4.44. The van der Waals surface area contributed by atoms with E-state index in [-0.39, 0.29) is 6.04 Å². The van der Waals surface area contributed by atoms with Crippen molar-refractivity contribution in [1.29, 1.82) is 0 Å². The predicted octanol–water partition coefficient (Wildman–Crippen LogP) is 4.03. The van der Waals surface area contributed by atoms with Gasteiger partial charge in [0.1, 0.15) is 5.02 Å². The number of aryl methyl sites for hydroxylation is 1.